The standard InChI is InChI=1S/C19H12Cl2O2/c20-14-6-9-16(17(21)12-14)19-11-8-15(23-19)7-10-18(22)13-4-2-1-3-5-13/h1-12H. The van der Waals surface area contributed by atoms with E-state index in [2.05, 4.69) is 0 Å². The molecule has 0 aliphatic carbocycles. The maximum absolute atomic E-state index is 12.0. The van der Waals surface area contributed by atoms with Gasteiger partial charge in [0.2, 0.25) is 0 Å². The fraction of sp³-hybridized carbons (Fsp3) is 0. The highest BCUT2D eigenvalue weighted by molar-refractivity contribution is 6.36. The van der Waals surface area contributed by atoms with Crippen LogP contribution in [0.2, 0.25) is 10.0 Å². The Hall–Kier alpha value is -2.29. The fourth-order valence-corrected chi connectivity index (χ4v) is 2.63. The number of furan rings is 1. The van der Waals surface area contributed by atoms with Crippen molar-refractivity contribution >= 4 is 35.1 Å². The molecule has 0 N–H and O–H groups in total. The summed E-state index contributed by atoms with van der Waals surface area (Å²) in [6, 6.07) is 17.9. The molecule has 0 atom stereocenters. The van der Waals surface area contributed by atoms with Crippen molar-refractivity contribution in [2.24, 2.45) is 0 Å². The minimum absolute atomic E-state index is 0.0759. The number of carbonyl (C=O) groups is 1. The average Bonchev–Trinajstić information content (AvgIpc) is 3.02. The number of benzene rings is 2. The monoisotopic (exact) mass is 342 g/mol. The Labute approximate surface area is 144 Å². The van der Waals surface area contributed by atoms with E-state index < -0.39 is 0 Å². The van der Waals surface area contributed by atoms with Crippen molar-refractivity contribution in [1.82, 2.24) is 0 Å². The van der Waals surface area contributed by atoms with Crippen molar-refractivity contribution < 1.29 is 9.21 Å². The molecular formula is C19H12Cl2O2. The maximum Gasteiger partial charge on any atom is 0.185 e. The highest BCUT2D eigenvalue weighted by Crippen LogP contribution is 2.31. The quantitative estimate of drug-likeness (QED) is 0.420. The highest BCUT2D eigenvalue weighted by atomic mass is 35.5. The minimum atomic E-state index is -0.0759. The van der Waals surface area contributed by atoms with Crippen LogP contribution in [0, 0.1) is 0 Å². The normalized spacial score (nSPS) is 11.0. The molecule has 4 heteroatoms. The van der Waals surface area contributed by atoms with Crippen LogP contribution in [0.1, 0.15) is 16.1 Å². The first-order chi connectivity index (χ1) is 11.1. The van der Waals surface area contributed by atoms with Gasteiger partial charge in [0, 0.05) is 16.1 Å². The van der Waals surface area contributed by atoms with E-state index in [1.54, 1.807) is 42.5 Å². The lowest BCUT2D eigenvalue weighted by atomic mass is 10.1. The molecule has 3 aromatic rings. The Kier molecular flexibility index (Phi) is 4.65. The van der Waals surface area contributed by atoms with Gasteiger partial charge in [-0.2, -0.15) is 0 Å². The summed E-state index contributed by atoms with van der Waals surface area (Å²) in [6.45, 7) is 0. The summed E-state index contributed by atoms with van der Waals surface area (Å²) in [5.41, 5.74) is 1.39. The van der Waals surface area contributed by atoms with Gasteiger partial charge in [-0.3, -0.25) is 4.79 Å². The van der Waals surface area contributed by atoms with Gasteiger partial charge < -0.3 is 4.42 Å². The SMILES string of the molecule is O=C(C=Cc1ccc(-c2ccc(Cl)cc2Cl)o1)c1ccccc1. The van der Waals surface area contributed by atoms with Crippen molar-refractivity contribution in [3.8, 4) is 11.3 Å². The first-order valence-electron chi connectivity index (χ1n) is 6.96. The molecule has 23 heavy (non-hydrogen) atoms. The maximum atomic E-state index is 12.0. The minimum Gasteiger partial charge on any atom is -0.457 e. The van der Waals surface area contributed by atoms with Gasteiger partial charge in [0.05, 0.1) is 5.02 Å². The van der Waals surface area contributed by atoms with Crippen LogP contribution < -0.4 is 0 Å². The summed E-state index contributed by atoms with van der Waals surface area (Å²) in [7, 11) is 0. The smallest absolute Gasteiger partial charge is 0.185 e. The van der Waals surface area contributed by atoms with Crippen LogP contribution in [0.3, 0.4) is 0 Å². The molecule has 0 saturated carbocycles. The number of ketones is 1. The van der Waals surface area contributed by atoms with Crippen LogP contribution in [-0.4, -0.2) is 5.78 Å². The molecule has 0 spiro atoms. The Morgan fingerprint density at radius 1 is 0.957 bits per heavy atom. The predicted molar refractivity (Wildman–Crippen MR) is 94.0 cm³/mol. The second kappa shape index (κ2) is 6.86. The zero-order valence-corrected chi connectivity index (χ0v) is 13.5. The molecule has 0 aliphatic rings. The van der Waals surface area contributed by atoms with Crippen LogP contribution >= 0.6 is 23.2 Å². The molecule has 3 rings (SSSR count). The van der Waals surface area contributed by atoms with Gasteiger partial charge in [0.1, 0.15) is 11.5 Å². The second-order valence-electron chi connectivity index (χ2n) is 4.89. The Bertz CT molecular complexity index is 864. The van der Waals surface area contributed by atoms with Crippen LogP contribution in [0.5, 0.6) is 0 Å². The van der Waals surface area contributed by atoms with E-state index in [4.69, 9.17) is 27.6 Å². The number of rotatable bonds is 4. The molecule has 2 aromatic carbocycles. The lowest BCUT2D eigenvalue weighted by Crippen LogP contribution is -1.92. The summed E-state index contributed by atoms with van der Waals surface area (Å²) in [5.74, 6) is 1.13. The third kappa shape index (κ3) is 3.73. The van der Waals surface area contributed by atoms with E-state index in [-0.39, 0.29) is 5.78 Å². The number of carbonyl (C=O) groups excluding carboxylic acids is 1. The van der Waals surface area contributed by atoms with Gasteiger partial charge in [0.15, 0.2) is 5.78 Å². The highest BCUT2D eigenvalue weighted by Gasteiger charge is 2.08. The lowest BCUT2D eigenvalue weighted by molar-refractivity contribution is 0.104. The topological polar surface area (TPSA) is 30.2 Å². The molecule has 1 aromatic heterocycles. The van der Waals surface area contributed by atoms with Gasteiger partial charge >= 0.3 is 0 Å². The molecule has 0 saturated heterocycles. The summed E-state index contributed by atoms with van der Waals surface area (Å²) in [4.78, 5) is 12.0. The van der Waals surface area contributed by atoms with E-state index in [1.807, 2.05) is 24.3 Å². The third-order valence-corrected chi connectivity index (χ3v) is 3.83. The summed E-state index contributed by atoms with van der Waals surface area (Å²) >= 11 is 12.1. The van der Waals surface area contributed by atoms with Crippen LogP contribution in [0.15, 0.2) is 71.2 Å². The van der Waals surface area contributed by atoms with Gasteiger partial charge in [-0.05, 0) is 42.5 Å². The van der Waals surface area contributed by atoms with E-state index in [0.29, 0.717) is 27.1 Å². The average molecular weight is 343 g/mol. The van der Waals surface area contributed by atoms with Gasteiger partial charge in [0.25, 0.3) is 0 Å². The molecule has 0 fully saturated rings. The number of allylic oxidation sites excluding steroid dienone is 1. The van der Waals surface area contributed by atoms with Crippen molar-refractivity contribution in [3.05, 3.63) is 88.1 Å². The molecule has 0 radical (unpaired) electrons. The lowest BCUT2D eigenvalue weighted by Gasteiger charge is -2.00. The van der Waals surface area contributed by atoms with Crippen LogP contribution in [-0.2, 0) is 0 Å². The second-order valence-corrected chi connectivity index (χ2v) is 5.73. The molecule has 114 valence electrons. The Balaban J connectivity index is 1.80. The first kappa shape index (κ1) is 15.6. The Morgan fingerprint density at radius 3 is 2.48 bits per heavy atom. The van der Waals surface area contributed by atoms with Gasteiger partial charge in [-0.15, -0.1) is 0 Å². The van der Waals surface area contributed by atoms with Gasteiger partial charge in [-0.25, -0.2) is 0 Å². The van der Waals surface area contributed by atoms with E-state index in [1.165, 1.54) is 6.08 Å². The first-order valence-corrected chi connectivity index (χ1v) is 7.72. The van der Waals surface area contributed by atoms with E-state index in [9.17, 15) is 4.79 Å². The molecule has 2 nitrogen and oxygen atoms in total. The van der Waals surface area contributed by atoms with E-state index >= 15 is 0 Å². The number of hydrogen-bond donors (Lipinski definition) is 0. The fourth-order valence-electron chi connectivity index (χ4n) is 2.13. The zero-order chi connectivity index (χ0) is 16.2. The molecule has 0 bridgehead atoms. The van der Waals surface area contributed by atoms with E-state index in [0.717, 1.165) is 5.56 Å². The predicted octanol–water partition coefficient (Wildman–Crippen LogP) is 6.15. The van der Waals surface area contributed by atoms with Crippen LogP contribution in [0.4, 0.5) is 0 Å². The van der Waals surface area contributed by atoms with Crippen molar-refractivity contribution in [3.63, 3.8) is 0 Å². The zero-order valence-electron chi connectivity index (χ0n) is 12.0. The number of hydrogen-bond acceptors (Lipinski definition) is 2. The molecule has 0 unspecified atom stereocenters. The Morgan fingerprint density at radius 2 is 1.74 bits per heavy atom. The van der Waals surface area contributed by atoms with Gasteiger partial charge in [-0.1, -0.05) is 53.5 Å². The molecule has 0 amide bonds. The van der Waals surface area contributed by atoms with Crippen molar-refractivity contribution in [2.45, 2.75) is 0 Å². The summed E-state index contributed by atoms with van der Waals surface area (Å²) in [5, 5.41) is 1.08. The third-order valence-electron chi connectivity index (χ3n) is 3.28. The molecular weight excluding hydrogens is 331 g/mol. The summed E-state index contributed by atoms with van der Waals surface area (Å²) in [6.07, 6.45) is 3.13. The van der Waals surface area contributed by atoms with Crippen molar-refractivity contribution in [1.29, 1.82) is 0 Å². The number of halogens is 2. The van der Waals surface area contributed by atoms with Crippen molar-refractivity contribution in [2.75, 3.05) is 0 Å². The molecule has 1 heterocycles. The molecule has 0 aliphatic heterocycles. The largest absolute Gasteiger partial charge is 0.457 e. The van der Waals surface area contributed by atoms with Crippen LogP contribution in [0.25, 0.3) is 17.4 Å². The summed E-state index contributed by atoms with van der Waals surface area (Å²) < 4.78 is 5.71.